The molecule has 0 amide bonds. The van der Waals surface area contributed by atoms with Gasteiger partial charge in [0.2, 0.25) is 0 Å². The van der Waals surface area contributed by atoms with Crippen LogP contribution in [0.4, 0.5) is 0 Å². The molecule has 2 rings (SSSR count). The van der Waals surface area contributed by atoms with Gasteiger partial charge >= 0.3 is 0 Å². The molecular weight excluding hydrogens is 362 g/mol. The Kier molecular flexibility index (Phi) is 3.90. The summed E-state index contributed by atoms with van der Waals surface area (Å²) in [5, 5.41) is 0. The van der Waals surface area contributed by atoms with Crippen molar-refractivity contribution in [2.45, 2.75) is 16.7 Å². The van der Waals surface area contributed by atoms with E-state index < -0.39 is 25.9 Å². The number of thiophene rings is 1. The van der Waals surface area contributed by atoms with Crippen LogP contribution in [0.3, 0.4) is 0 Å². The monoisotopic (exact) mass is 373 g/mol. The SMILES string of the molecule is CN(C1CCS(=O)(=O)C1)S(=O)(=O)c1ccc(Br)s1. The van der Waals surface area contributed by atoms with Gasteiger partial charge in [-0.25, -0.2) is 16.8 Å². The Morgan fingerprint density at radius 1 is 1.44 bits per heavy atom. The van der Waals surface area contributed by atoms with Crippen LogP contribution in [0.2, 0.25) is 0 Å². The average Bonchev–Trinajstić information content (AvgIpc) is 2.83. The van der Waals surface area contributed by atoms with E-state index in [1.54, 1.807) is 6.07 Å². The van der Waals surface area contributed by atoms with E-state index in [-0.39, 0.29) is 15.7 Å². The summed E-state index contributed by atoms with van der Waals surface area (Å²) >= 11 is 4.33. The Labute approximate surface area is 119 Å². The molecule has 1 aromatic heterocycles. The molecule has 18 heavy (non-hydrogen) atoms. The molecule has 0 radical (unpaired) electrons. The van der Waals surface area contributed by atoms with Gasteiger partial charge in [-0.1, -0.05) is 0 Å². The molecule has 0 saturated carbocycles. The second-order valence-corrected chi connectivity index (χ2v) is 11.1. The van der Waals surface area contributed by atoms with E-state index in [2.05, 4.69) is 15.9 Å². The molecule has 5 nitrogen and oxygen atoms in total. The number of sulfone groups is 1. The summed E-state index contributed by atoms with van der Waals surface area (Å²) < 4.78 is 49.4. The molecule has 0 aliphatic carbocycles. The van der Waals surface area contributed by atoms with Crippen molar-refractivity contribution < 1.29 is 16.8 Å². The number of hydrogen-bond donors (Lipinski definition) is 0. The van der Waals surface area contributed by atoms with Gasteiger partial charge < -0.3 is 0 Å². The molecule has 9 heteroatoms. The Hall–Kier alpha value is 0.0400. The van der Waals surface area contributed by atoms with Gasteiger partial charge in [0.05, 0.1) is 15.3 Å². The minimum Gasteiger partial charge on any atom is -0.229 e. The van der Waals surface area contributed by atoms with Gasteiger partial charge in [0.15, 0.2) is 9.84 Å². The normalized spacial score (nSPS) is 23.6. The van der Waals surface area contributed by atoms with E-state index in [4.69, 9.17) is 0 Å². The van der Waals surface area contributed by atoms with E-state index in [1.165, 1.54) is 17.4 Å². The van der Waals surface area contributed by atoms with E-state index >= 15 is 0 Å². The third kappa shape index (κ3) is 2.79. The molecule has 0 bridgehead atoms. The number of halogens is 1. The molecular formula is C9H12BrNO4S3. The molecule has 0 aromatic carbocycles. The first kappa shape index (κ1) is 14.4. The molecule has 102 valence electrons. The van der Waals surface area contributed by atoms with Crippen molar-refractivity contribution in [1.29, 1.82) is 0 Å². The lowest BCUT2D eigenvalue weighted by atomic mass is 10.3. The largest absolute Gasteiger partial charge is 0.252 e. The Morgan fingerprint density at radius 3 is 2.56 bits per heavy atom. The Balaban J connectivity index is 2.26. The summed E-state index contributed by atoms with van der Waals surface area (Å²) in [6.07, 6.45) is 0.366. The van der Waals surface area contributed by atoms with E-state index in [0.717, 1.165) is 15.1 Å². The van der Waals surface area contributed by atoms with Gasteiger partial charge in [-0.15, -0.1) is 11.3 Å². The number of nitrogens with zero attached hydrogens (tertiary/aromatic N) is 1. The van der Waals surface area contributed by atoms with Crippen LogP contribution in [0.15, 0.2) is 20.1 Å². The predicted octanol–water partition coefficient (Wildman–Crippen LogP) is 1.32. The van der Waals surface area contributed by atoms with Crippen LogP contribution in [-0.4, -0.2) is 45.7 Å². The van der Waals surface area contributed by atoms with Gasteiger partial charge in [-0.05, 0) is 34.5 Å². The summed E-state index contributed by atoms with van der Waals surface area (Å²) in [7, 11) is -5.25. The molecule has 1 aliphatic rings. The lowest BCUT2D eigenvalue weighted by molar-refractivity contribution is 0.395. The molecule has 0 spiro atoms. The van der Waals surface area contributed by atoms with Crippen LogP contribution < -0.4 is 0 Å². The molecule has 1 fully saturated rings. The molecule has 1 atom stereocenters. The van der Waals surface area contributed by atoms with Gasteiger partial charge in [0.1, 0.15) is 4.21 Å². The summed E-state index contributed by atoms with van der Waals surface area (Å²) in [4.78, 5) is 0. The Morgan fingerprint density at radius 2 is 2.11 bits per heavy atom. The maximum Gasteiger partial charge on any atom is 0.252 e. The topological polar surface area (TPSA) is 71.5 Å². The van der Waals surface area contributed by atoms with Crippen LogP contribution >= 0.6 is 27.3 Å². The fourth-order valence-electron chi connectivity index (χ4n) is 1.84. The van der Waals surface area contributed by atoms with Crippen LogP contribution in [0.1, 0.15) is 6.42 Å². The summed E-state index contributed by atoms with van der Waals surface area (Å²) in [5.74, 6) is -0.0268. The van der Waals surface area contributed by atoms with Crippen molar-refractivity contribution in [3.05, 3.63) is 15.9 Å². The second-order valence-electron chi connectivity index (χ2n) is 4.14. The molecule has 1 aromatic rings. The van der Waals surface area contributed by atoms with Crippen molar-refractivity contribution in [2.24, 2.45) is 0 Å². The van der Waals surface area contributed by atoms with Gasteiger partial charge in [-0.3, -0.25) is 0 Å². The summed E-state index contributed by atoms with van der Waals surface area (Å²) in [5.41, 5.74) is 0. The first-order chi connectivity index (χ1) is 8.22. The quantitative estimate of drug-likeness (QED) is 0.800. The fraction of sp³-hybridized carbons (Fsp3) is 0.556. The highest BCUT2D eigenvalue weighted by atomic mass is 79.9. The lowest BCUT2D eigenvalue weighted by Crippen LogP contribution is -2.37. The third-order valence-electron chi connectivity index (χ3n) is 2.90. The molecule has 2 heterocycles. The smallest absolute Gasteiger partial charge is 0.229 e. The minimum absolute atomic E-state index is 0.0612. The van der Waals surface area contributed by atoms with Crippen LogP contribution in [0.25, 0.3) is 0 Å². The lowest BCUT2D eigenvalue weighted by Gasteiger charge is -2.21. The first-order valence-electron chi connectivity index (χ1n) is 5.16. The summed E-state index contributed by atoms with van der Waals surface area (Å²) in [6, 6.07) is 2.72. The van der Waals surface area contributed by atoms with Crippen molar-refractivity contribution in [2.75, 3.05) is 18.6 Å². The zero-order chi connectivity index (χ0) is 13.6. The third-order valence-corrected chi connectivity index (χ3v) is 8.66. The van der Waals surface area contributed by atoms with E-state index in [1.807, 2.05) is 0 Å². The second kappa shape index (κ2) is 4.86. The van der Waals surface area contributed by atoms with Gasteiger partial charge in [0, 0.05) is 13.1 Å². The molecule has 1 aliphatic heterocycles. The zero-order valence-corrected chi connectivity index (χ0v) is 13.6. The van der Waals surface area contributed by atoms with Crippen LogP contribution in [-0.2, 0) is 19.9 Å². The van der Waals surface area contributed by atoms with Crippen molar-refractivity contribution in [3.63, 3.8) is 0 Å². The highest BCUT2D eigenvalue weighted by molar-refractivity contribution is 9.11. The number of sulfonamides is 1. The first-order valence-corrected chi connectivity index (χ1v) is 10.0. The van der Waals surface area contributed by atoms with Crippen LogP contribution in [0.5, 0.6) is 0 Å². The maximum absolute atomic E-state index is 12.3. The maximum atomic E-state index is 12.3. The van der Waals surface area contributed by atoms with Gasteiger partial charge in [-0.2, -0.15) is 4.31 Å². The molecule has 1 saturated heterocycles. The molecule has 0 N–H and O–H groups in total. The van der Waals surface area contributed by atoms with Crippen molar-refractivity contribution >= 4 is 47.1 Å². The zero-order valence-electron chi connectivity index (χ0n) is 9.54. The highest BCUT2D eigenvalue weighted by Gasteiger charge is 2.36. The van der Waals surface area contributed by atoms with Crippen molar-refractivity contribution in [3.8, 4) is 0 Å². The van der Waals surface area contributed by atoms with Gasteiger partial charge in [0.25, 0.3) is 10.0 Å². The summed E-state index contributed by atoms with van der Waals surface area (Å²) in [6.45, 7) is 0. The Bertz CT molecular complexity index is 649. The van der Waals surface area contributed by atoms with E-state index in [9.17, 15) is 16.8 Å². The number of hydrogen-bond acceptors (Lipinski definition) is 5. The molecule has 1 unspecified atom stereocenters. The van der Waals surface area contributed by atoms with E-state index in [0.29, 0.717) is 6.42 Å². The van der Waals surface area contributed by atoms with Crippen molar-refractivity contribution in [1.82, 2.24) is 4.31 Å². The predicted molar refractivity (Wildman–Crippen MR) is 74.0 cm³/mol. The minimum atomic E-state index is -3.59. The highest BCUT2D eigenvalue weighted by Crippen LogP contribution is 2.30. The average molecular weight is 374 g/mol. The number of rotatable bonds is 3. The van der Waals surface area contributed by atoms with Crippen LogP contribution in [0, 0.1) is 0 Å². The fourth-order valence-corrected chi connectivity index (χ4v) is 7.29. The standard InChI is InChI=1S/C9H12BrNO4S3/c1-11(7-4-5-17(12,13)6-7)18(14,15)9-3-2-8(10)16-9/h2-3,7H,4-6H2,1H3.